The first kappa shape index (κ1) is 17.8. The highest BCUT2D eigenvalue weighted by atomic mass is 79.9. The first-order valence-electron chi connectivity index (χ1n) is 8.42. The van der Waals surface area contributed by atoms with Gasteiger partial charge in [-0.05, 0) is 60.0 Å². The highest BCUT2D eigenvalue weighted by Gasteiger charge is 2.13. The van der Waals surface area contributed by atoms with Crippen LogP contribution in [0.2, 0.25) is 0 Å². The molecule has 4 aromatic rings. The highest BCUT2D eigenvalue weighted by Crippen LogP contribution is 2.20. The lowest BCUT2D eigenvalue weighted by atomic mass is 10.1. The number of halogens is 1. The van der Waals surface area contributed by atoms with Crippen molar-refractivity contribution in [2.75, 3.05) is 0 Å². The Hall–Kier alpha value is -2.58. The molecule has 8 heteroatoms. The molecule has 0 atom stereocenters. The number of tetrazole rings is 1. The van der Waals surface area contributed by atoms with Crippen LogP contribution in [-0.4, -0.2) is 30.0 Å². The molecule has 0 aliphatic rings. The lowest BCUT2D eigenvalue weighted by molar-refractivity contribution is 0.573. The Morgan fingerprint density at radius 2 is 1.85 bits per heavy atom. The zero-order chi connectivity index (χ0) is 19.0. The molecule has 0 bridgehead atoms. The van der Waals surface area contributed by atoms with Gasteiger partial charge in [0.05, 0.1) is 17.8 Å². The van der Waals surface area contributed by atoms with E-state index in [-0.39, 0.29) is 0 Å². The van der Waals surface area contributed by atoms with Crippen molar-refractivity contribution < 1.29 is 0 Å². The minimum absolute atomic E-state index is 0.510. The van der Waals surface area contributed by atoms with E-state index in [0.29, 0.717) is 17.0 Å². The Bertz CT molecular complexity index is 1160. The summed E-state index contributed by atoms with van der Waals surface area (Å²) in [4.78, 5) is 1.57. The van der Waals surface area contributed by atoms with E-state index in [1.165, 1.54) is 11.1 Å². The fraction of sp³-hybridized carbons (Fsp3) is 0.158. The monoisotopic (exact) mass is 440 g/mol. The van der Waals surface area contributed by atoms with Gasteiger partial charge in [0.25, 0.3) is 0 Å². The standard InChI is InChI=1S/C19H17BrN6S/c1-12-3-8-16(9-13(12)2)26-19(27)17(10-21-26)18-22-24-25(23-18)11-14-4-6-15(20)7-5-14/h3-10,21H,11H2,1-2H3. The summed E-state index contributed by atoms with van der Waals surface area (Å²) in [6.45, 7) is 4.72. The summed E-state index contributed by atoms with van der Waals surface area (Å²) in [5.41, 5.74) is 5.29. The van der Waals surface area contributed by atoms with E-state index in [1.54, 1.807) is 4.80 Å². The number of nitrogens with one attached hydrogen (secondary N) is 1. The van der Waals surface area contributed by atoms with Crippen LogP contribution in [0.5, 0.6) is 0 Å². The largest absolute Gasteiger partial charge is 0.299 e. The normalized spacial score (nSPS) is 11.1. The minimum Gasteiger partial charge on any atom is -0.299 e. The summed E-state index contributed by atoms with van der Waals surface area (Å²) in [5.74, 6) is 0.510. The summed E-state index contributed by atoms with van der Waals surface area (Å²) in [5, 5.41) is 16.0. The molecule has 0 saturated heterocycles. The molecule has 27 heavy (non-hydrogen) atoms. The molecule has 0 amide bonds. The maximum atomic E-state index is 5.63. The van der Waals surface area contributed by atoms with Gasteiger partial charge in [-0.25, -0.2) is 4.68 Å². The summed E-state index contributed by atoms with van der Waals surface area (Å²) >= 11 is 9.06. The summed E-state index contributed by atoms with van der Waals surface area (Å²) in [6.07, 6.45) is 1.82. The molecule has 2 heterocycles. The SMILES string of the molecule is Cc1ccc(-n2[nH]cc(-c3nnn(Cc4ccc(Br)cc4)n3)c2=S)cc1C. The van der Waals surface area contributed by atoms with Gasteiger partial charge in [0.15, 0.2) is 0 Å². The second-order valence-electron chi connectivity index (χ2n) is 6.37. The van der Waals surface area contributed by atoms with Crippen LogP contribution in [0.25, 0.3) is 17.1 Å². The van der Waals surface area contributed by atoms with Crippen molar-refractivity contribution in [2.24, 2.45) is 0 Å². The predicted octanol–water partition coefficient (Wildman–Crippen LogP) is 4.62. The molecule has 0 aliphatic carbocycles. The fourth-order valence-electron chi connectivity index (χ4n) is 2.76. The maximum Gasteiger partial charge on any atom is 0.209 e. The zero-order valence-electron chi connectivity index (χ0n) is 14.8. The molecule has 4 rings (SSSR count). The molecule has 2 aromatic heterocycles. The summed E-state index contributed by atoms with van der Waals surface area (Å²) in [7, 11) is 0. The quantitative estimate of drug-likeness (QED) is 0.470. The van der Waals surface area contributed by atoms with Crippen molar-refractivity contribution in [3.05, 3.63) is 74.5 Å². The lowest BCUT2D eigenvalue weighted by Gasteiger charge is -2.06. The molecule has 0 spiro atoms. The smallest absolute Gasteiger partial charge is 0.209 e. The second kappa shape index (κ2) is 7.21. The molecule has 6 nitrogen and oxygen atoms in total. The number of nitrogens with zero attached hydrogens (tertiary/aromatic N) is 5. The van der Waals surface area contributed by atoms with E-state index in [0.717, 1.165) is 21.3 Å². The van der Waals surface area contributed by atoms with Crippen molar-refractivity contribution in [2.45, 2.75) is 20.4 Å². The van der Waals surface area contributed by atoms with Gasteiger partial charge in [-0.2, -0.15) is 4.80 Å². The Morgan fingerprint density at radius 1 is 1.07 bits per heavy atom. The van der Waals surface area contributed by atoms with Crippen LogP contribution in [0.3, 0.4) is 0 Å². The number of aromatic amines is 1. The molecule has 0 unspecified atom stereocenters. The van der Waals surface area contributed by atoms with Gasteiger partial charge >= 0.3 is 0 Å². The third kappa shape index (κ3) is 3.63. The Labute approximate surface area is 170 Å². The van der Waals surface area contributed by atoms with Crippen molar-refractivity contribution >= 4 is 28.1 Å². The van der Waals surface area contributed by atoms with Crippen molar-refractivity contribution in [3.63, 3.8) is 0 Å². The molecular formula is C19H17BrN6S. The number of H-pyrrole nitrogens is 1. The van der Waals surface area contributed by atoms with Crippen molar-refractivity contribution in [1.82, 2.24) is 30.0 Å². The van der Waals surface area contributed by atoms with E-state index < -0.39 is 0 Å². The topological polar surface area (TPSA) is 64.3 Å². The third-order valence-electron chi connectivity index (χ3n) is 4.45. The maximum absolute atomic E-state index is 5.63. The van der Waals surface area contributed by atoms with Gasteiger partial charge in [0, 0.05) is 10.7 Å². The van der Waals surface area contributed by atoms with E-state index >= 15 is 0 Å². The second-order valence-corrected chi connectivity index (χ2v) is 7.67. The highest BCUT2D eigenvalue weighted by molar-refractivity contribution is 9.10. The van der Waals surface area contributed by atoms with Crippen LogP contribution in [0.1, 0.15) is 16.7 Å². The van der Waals surface area contributed by atoms with Gasteiger partial charge in [0.2, 0.25) is 5.82 Å². The van der Waals surface area contributed by atoms with Gasteiger partial charge in [-0.1, -0.05) is 46.3 Å². The van der Waals surface area contributed by atoms with Gasteiger partial charge in [-0.3, -0.25) is 5.10 Å². The van der Waals surface area contributed by atoms with Crippen LogP contribution in [0, 0.1) is 18.5 Å². The molecule has 0 aliphatic heterocycles. The lowest BCUT2D eigenvalue weighted by Crippen LogP contribution is -2.03. The van der Waals surface area contributed by atoms with Crippen LogP contribution in [0.15, 0.2) is 53.1 Å². The number of rotatable bonds is 4. The first-order valence-corrected chi connectivity index (χ1v) is 9.62. The Morgan fingerprint density at radius 3 is 2.59 bits per heavy atom. The van der Waals surface area contributed by atoms with E-state index in [1.807, 2.05) is 41.2 Å². The molecule has 0 saturated carbocycles. The molecular weight excluding hydrogens is 424 g/mol. The molecule has 0 fully saturated rings. The number of hydrogen-bond acceptors (Lipinski definition) is 4. The van der Waals surface area contributed by atoms with Gasteiger partial charge in [-0.15, -0.1) is 10.2 Å². The van der Waals surface area contributed by atoms with E-state index in [4.69, 9.17) is 12.2 Å². The number of hydrogen-bond donors (Lipinski definition) is 1. The molecule has 136 valence electrons. The van der Waals surface area contributed by atoms with Crippen LogP contribution in [-0.2, 0) is 6.54 Å². The Kier molecular flexibility index (Phi) is 4.75. The number of benzene rings is 2. The van der Waals surface area contributed by atoms with Crippen molar-refractivity contribution in [1.29, 1.82) is 0 Å². The number of aromatic nitrogens is 6. The first-order chi connectivity index (χ1) is 13.0. The average Bonchev–Trinajstić information content (AvgIpc) is 3.26. The zero-order valence-corrected chi connectivity index (χ0v) is 17.3. The van der Waals surface area contributed by atoms with E-state index in [2.05, 4.69) is 62.4 Å². The number of aryl methyl sites for hydroxylation is 2. The van der Waals surface area contributed by atoms with Gasteiger partial charge < -0.3 is 0 Å². The van der Waals surface area contributed by atoms with E-state index in [9.17, 15) is 0 Å². The molecule has 1 N–H and O–H groups in total. The predicted molar refractivity (Wildman–Crippen MR) is 110 cm³/mol. The van der Waals surface area contributed by atoms with Gasteiger partial charge in [0.1, 0.15) is 4.64 Å². The van der Waals surface area contributed by atoms with Crippen molar-refractivity contribution in [3.8, 4) is 17.1 Å². The van der Waals surface area contributed by atoms with Crippen LogP contribution >= 0.6 is 28.1 Å². The fourth-order valence-corrected chi connectivity index (χ4v) is 3.33. The molecule has 0 radical (unpaired) electrons. The minimum atomic E-state index is 0.510. The molecule has 2 aromatic carbocycles. The Balaban J connectivity index is 1.62. The van der Waals surface area contributed by atoms with Crippen LogP contribution < -0.4 is 0 Å². The summed E-state index contributed by atoms with van der Waals surface area (Å²) in [6, 6.07) is 14.3. The summed E-state index contributed by atoms with van der Waals surface area (Å²) < 4.78 is 3.52. The average molecular weight is 441 g/mol. The van der Waals surface area contributed by atoms with Crippen LogP contribution in [0.4, 0.5) is 0 Å². The third-order valence-corrected chi connectivity index (χ3v) is 5.38.